The van der Waals surface area contributed by atoms with E-state index in [2.05, 4.69) is 10.6 Å². The van der Waals surface area contributed by atoms with Gasteiger partial charge in [-0.1, -0.05) is 0 Å². The summed E-state index contributed by atoms with van der Waals surface area (Å²) in [5, 5.41) is 4.82. The van der Waals surface area contributed by atoms with Crippen LogP contribution in [0.1, 0.15) is 37.2 Å². The van der Waals surface area contributed by atoms with Gasteiger partial charge in [-0.25, -0.2) is 13.6 Å². The molecule has 3 aliphatic rings. The number of carbonyl (C=O) groups is 3. The molecular formula is C18H19F2N3O4. The quantitative estimate of drug-likeness (QED) is 0.776. The van der Waals surface area contributed by atoms with Gasteiger partial charge in [0.2, 0.25) is 11.8 Å². The van der Waals surface area contributed by atoms with Crippen LogP contribution in [0.2, 0.25) is 0 Å². The Morgan fingerprint density at radius 2 is 1.81 bits per heavy atom. The number of rotatable bonds is 4. The van der Waals surface area contributed by atoms with Crippen molar-refractivity contribution in [2.75, 3.05) is 18.0 Å². The van der Waals surface area contributed by atoms with E-state index in [0.29, 0.717) is 18.8 Å². The van der Waals surface area contributed by atoms with Crippen LogP contribution in [0.4, 0.5) is 19.3 Å². The largest absolute Gasteiger partial charge is 0.442 e. The van der Waals surface area contributed by atoms with Gasteiger partial charge in [-0.2, -0.15) is 0 Å². The second-order valence-corrected chi connectivity index (χ2v) is 7.18. The Kier molecular flexibility index (Phi) is 4.45. The molecule has 0 spiro atoms. The van der Waals surface area contributed by atoms with Gasteiger partial charge in [0.1, 0.15) is 17.7 Å². The lowest BCUT2D eigenvalue weighted by molar-refractivity contribution is -0.134. The van der Waals surface area contributed by atoms with Gasteiger partial charge in [0.05, 0.1) is 19.0 Å². The average Bonchev–Trinajstić information content (AvgIpc) is 3.35. The van der Waals surface area contributed by atoms with Gasteiger partial charge in [0.25, 0.3) is 0 Å². The number of anilines is 1. The topological polar surface area (TPSA) is 87.7 Å². The fourth-order valence-electron chi connectivity index (χ4n) is 3.36. The van der Waals surface area contributed by atoms with Crippen LogP contribution in [0.15, 0.2) is 12.1 Å². The molecule has 27 heavy (non-hydrogen) atoms. The molecule has 0 radical (unpaired) electrons. The third-order valence-electron chi connectivity index (χ3n) is 5.04. The van der Waals surface area contributed by atoms with Gasteiger partial charge in [0, 0.05) is 23.7 Å². The first-order valence-electron chi connectivity index (χ1n) is 8.95. The summed E-state index contributed by atoms with van der Waals surface area (Å²) in [6, 6.07) is 2.54. The van der Waals surface area contributed by atoms with Crippen molar-refractivity contribution in [2.45, 2.75) is 43.7 Å². The van der Waals surface area contributed by atoms with E-state index in [4.69, 9.17) is 4.74 Å². The molecule has 2 saturated heterocycles. The lowest BCUT2D eigenvalue weighted by Gasteiger charge is -2.40. The number of nitrogens with one attached hydrogen (secondary N) is 2. The molecule has 0 bridgehead atoms. The molecule has 1 aliphatic carbocycles. The van der Waals surface area contributed by atoms with Crippen LogP contribution in [0, 0.1) is 11.6 Å². The van der Waals surface area contributed by atoms with Crippen molar-refractivity contribution in [3.63, 3.8) is 0 Å². The number of piperidine rings is 1. The van der Waals surface area contributed by atoms with Gasteiger partial charge >= 0.3 is 6.09 Å². The Morgan fingerprint density at radius 1 is 1.15 bits per heavy atom. The van der Waals surface area contributed by atoms with E-state index < -0.39 is 35.5 Å². The molecule has 2 aliphatic heterocycles. The molecule has 1 atom stereocenters. The van der Waals surface area contributed by atoms with Crippen molar-refractivity contribution < 1.29 is 27.9 Å². The molecule has 9 heteroatoms. The predicted molar refractivity (Wildman–Crippen MR) is 90.1 cm³/mol. The highest BCUT2D eigenvalue weighted by Gasteiger charge is 2.35. The first-order chi connectivity index (χ1) is 12.9. The maximum Gasteiger partial charge on any atom is 0.407 e. The minimum atomic E-state index is -1.02. The van der Waals surface area contributed by atoms with E-state index >= 15 is 0 Å². The van der Waals surface area contributed by atoms with Gasteiger partial charge in [-0.05, 0) is 31.4 Å². The van der Waals surface area contributed by atoms with E-state index in [0.717, 1.165) is 12.8 Å². The normalized spacial score (nSPS) is 22.9. The molecule has 3 fully saturated rings. The number of carbonyl (C=O) groups excluding carboxylic acids is 3. The third kappa shape index (κ3) is 3.72. The molecule has 1 aromatic rings. The Balaban J connectivity index is 1.40. The van der Waals surface area contributed by atoms with Crippen LogP contribution in [0.5, 0.6) is 0 Å². The smallest absolute Gasteiger partial charge is 0.407 e. The molecule has 1 saturated carbocycles. The highest BCUT2D eigenvalue weighted by Crippen LogP contribution is 2.33. The number of amides is 3. The van der Waals surface area contributed by atoms with E-state index in [-0.39, 0.29) is 30.6 Å². The minimum absolute atomic E-state index is 0.0467. The Hall–Kier alpha value is -2.71. The zero-order valence-electron chi connectivity index (χ0n) is 14.5. The Morgan fingerprint density at radius 3 is 2.41 bits per heavy atom. The molecule has 144 valence electrons. The van der Waals surface area contributed by atoms with E-state index in [1.807, 2.05) is 0 Å². The zero-order chi connectivity index (χ0) is 19.1. The molecular weight excluding hydrogens is 360 g/mol. The molecule has 2 N–H and O–H groups in total. The number of alkyl carbamates (subject to hydrolysis) is 1. The summed E-state index contributed by atoms with van der Waals surface area (Å²) in [6.07, 6.45) is 1.25. The van der Waals surface area contributed by atoms with Gasteiger partial charge in [-0.3, -0.25) is 14.9 Å². The van der Waals surface area contributed by atoms with Crippen molar-refractivity contribution in [1.29, 1.82) is 0 Å². The molecule has 1 unspecified atom stereocenters. The van der Waals surface area contributed by atoms with Gasteiger partial charge < -0.3 is 15.0 Å². The monoisotopic (exact) mass is 379 g/mol. The first kappa shape index (κ1) is 17.7. The van der Waals surface area contributed by atoms with E-state index in [1.165, 1.54) is 12.1 Å². The van der Waals surface area contributed by atoms with Gasteiger partial charge in [-0.15, -0.1) is 0 Å². The SMILES string of the molecule is O=C1CCC(c2c(F)cc(N3CC(OC(=O)NC4CC4)C3)cc2F)C(=O)N1. The predicted octanol–water partition coefficient (Wildman–Crippen LogP) is 1.56. The van der Waals surface area contributed by atoms with Crippen molar-refractivity contribution in [3.8, 4) is 0 Å². The second kappa shape index (κ2) is 6.79. The minimum Gasteiger partial charge on any atom is -0.442 e. The fraction of sp³-hybridized carbons (Fsp3) is 0.500. The maximum atomic E-state index is 14.5. The Bertz CT molecular complexity index is 783. The summed E-state index contributed by atoms with van der Waals surface area (Å²) in [6.45, 7) is 0.684. The van der Waals surface area contributed by atoms with E-state index in [9.17, 15) is 23.2 Å². The molecule has 4 rings (SSSR count). The number of halogens is 2. The number of ether oxygens (including phenoxy) is 1. The maximum absolute atomic E-state index is 14.5. The molecule has 7 nitrogen and oxygen atoms in total. The lowest BCUT2D eigenvalue weighted by Crippen LogP contribution is -2.54. The molecule has 3 amide bonds. The number of benzene rings is 1. The Labute approximate surface area is 154 Å². The highest BCUT2D eigenvalue weighted by molar-refractivity contribution is 6.01. The number of nitrogens with zero attached hydrogens (tertiary/aromatic N) is 1. The average molecular weight is 379 g/mol. The number of hydrogen-bond acceptors (Lipinski definition) is 5. The standard InChI is InChI=1S/C18H19F2N3O4/c19-13-5-10(23-7-11(8-23)27-18(26)21-9-1-2-9)6-14(20)16(13)12-3-4-15(24)22-17(12)25/h5-6,9,11-12H,1-4,7-8H2,(H,21,26)(H,22,24,25). The first-order valence-corrected chi connectivity index (χ1v) is 8.95. The lowest BCUT2D eigenvalue weighted by atomic mass is 9.89. The fourth-order valence-corrected chi connectivity index (χ4v) is 3.36. The van der Waals surface area contributed by atoms with Crippen LogP contribution in [-0.4, -0.2) is 43.1 Å². The summed E-state index contributed by atoms with van der Waals surface area (Å²) in [7, 11) is 0. The van der Waals surface area contributed by atoms with Crippen LogP contribution < -0.4 is 15.5 Å². The van der Waals surface area contributed by atoms with E-state index in [1.54, 1.807) is 4.90 Å². The van der Waals surface area contributed by atoms with Crippen LogP contribution >= 0.6 is 0 Å². The number of imide groups is 1. The van der Waals surface area contributed by atoms with Crippen LogP contribution in [0.25, 0.3) is 0 Å². The highest BCUT2D eigenvalue weighted by atomic mass is 19.1. The summed E-state index contributed by atoms with van der Waals surface area (Å²) >= 11 is 0. The number of hydrogen-bond donors (Lipinski definition) is 2. The molecule has 1 aromatic carbocycles. The van der Waals surface area contributed by atoms with Crippen LogP contribution in [-0.2, 0) is 14.3 Å². The van der Waals surface area contributed by atoms with Crippen molar-refractivity contribution >= 4 is 23.6 Å². The van der Waals surface area contributed by atoms with Crippen LogP contribution in [0.3, 0.4) is 0 Å². The summed E-state index contributed by atoms with van der Waals surface area (Å²) < 4.78 is 34.3. The second-order valence-electron chi connectivity index (χ2n) is 7.18. The molecule has 0 aromatic heterocycles. The summed E-state index contributed by atoms with van der Waals surface area (Å²) in [5.74, 6) is -3.79. The van der Waals surface area contributed by atoms with Gasteiger partial charge in [0.15, 0.2) is 0 Å². The summed E-state index contributed by atoms with van der Waals surface area (Å²) in [5.41, 5.74) is 0.00406. The van der Waals surface area contributed by atoms with Crippen molar-refractivity contribution in [1.82, 2.24) is 10.6 Å². The third-order valence-corrected chi connectivity index (χ3v) is 5.04. The van der Waals surface area contributed by atoms with Crippen molar-refractivity contribution in [3.05, 3.63) is 29.3 Å². The summed E-state index contributed by atoms with van der Waals surface area (Å²) in [4.78, 5) is 36.4. The zero-order valence-corrected chi connectivity index (χ0v) is 14.5. The molecule has 2 heterocycles. The van der Waals surface area contributed by atoms with Crippen molar-refractivity contribution in [2.24, 2.45) is 0 Å².